The van der Waals surface area contributed by atoms with Crippen LogP contribution in [0.5, 0.6) is 0 Å². The Morgan fingerprint density at radius 2 is 1.51 bits per heavy atom. The van der Waals surface area contributed by atoms with Crippen molar-refractivity contribution in [3.05, 3.63) is 35.9 Å². The van der Waals surface area contributed by atoms with E-state index >= 15 is 0 Å². The van der Waals surface area contributed by atoms with Crippen molar-refractivity contribution in [3.8, 4) is 0 Å². The number of hydrogen-bond acceptors (Lipinski definition) is 9. The normalized spacial score (nSPS) is 33.2. The molecule has 5 rings (SSSR count). The zero-order valence-corrected chi connectivity index (χ0v) is 24.1. The fourth-order valence-corrected chi connectivity index (χ4v) is 7.04. The van der Waals surface area contributed by atoms with Crippen molar-refractivity contribution >= 4 is 57.2 Å². The van der Waals surface area contributed by atoms with Gasteiger partial charge in [0.25, 0.3) is 0 Å². The topological polar surface area (TPSA) is 134 Å². The molecule has 4 heterocycles. The molecule has 3 N–H and O–H groups in total. The van der Waals surface area contributed by atoms with Gasteiger partial charge in [-0.25, -0.2) is 4.99 Å². The molecule has 0 aliphatic carbocycles. The molecule has 39 heavy (non-hydrogen) atoms. The van der Waals surface area contributed by atoms with Crippen LogP contribution >= 0.6 is 23.5 Å². The number of ether oxygens (including phenoxy) is 1. The van der Waals surface area contributed by atoms with Crippen molar-refractivity contribution in [1.82, 2.24) is 16.0 Å². The maximum atomic E-state index is 13.3. The number of rotatable bonds is 3. The highest BCUT2D eigenvalue weighted by atomic mass is 32.2. The molecule has 1 aromatic rings. The predicted octanol–water partition coefficient (Wildman–Crippen LogP) is 1.59. The van der Waals surface area contributed by atoms with E-state index in [4.69, 9.17) is 9.73 Å². The third kappa shape index (κ3) is 6.16. The minimum absolute atomic E-state index is 0.0185. The van der Waals surface area contributed by atoms with Gasteiger partial charge in [-0.15, -0.1) is 23.5 Å². The van der Waals surface area contributed by atoms with E-state index in [1.165, 1.54) is 23.5 Å². The van der Waals surface area contributed by atoms with E-state index in [1.807, 2.05) is 51.1 Å². The Kier molecular flexibility index (Phi) is 8.32. The van der Waals surface area contributed by atoms with E-state index in [9.17, 15) is 14.4 Å². The number of aliphatic imine (C=N–C) groups is 3. The molecule has 0 saturated heterocycles. The SMILES string of the molecule is CC(C)[C@H]1NC(=O)C2CSC(=N2)[C@H](Cc2ccccc2)NC(=O)C2CSC(=N2)[C@@H](C)NC(=O)[C@H]2N=C1O[C@@H]2C. The van der Waals surface area contributed by atoms with E-state index in [0.717, 1.165) is 10.6 Å². The van der Waals surface area contributed by atoms with Gasteiger partial charge < -0.3 is 20.7 Å². The molecule has 7 atom stereocenters. The molecule has 208 valence electrons. The Labute approximate surface area is 236 Å². The highest BCUT2D eigenvalue weighted by Gasteiger charge is 2.40. The second kappa shape index (κ2) is 11.7. The van der Waals surface area contributed by atoms with Gasteiger partial charge in [0.15, 0.2) is 6.04 Å². The molecule has 0 radical (unpaired) electrons. The van der Waals surface area contributed by atoms with Crippen LogP contribution in [0.2, 0.25) is 0 Å². The van der Waals surface area contributed by atoms with Gasteiger partial charge in [0.05, 0.1) is 22.2 Å². The molecule has 2 unspecified atom stereocenters. The third-order valence-electron chi connectivity index (χ3n) is 7.09. The van der Waals surface area contributed by atoms with E-state index in [1.54, 1.807) is 6.92 Å². The lowest BCUT2D eigenvalue weighted by Gasteiger charge is -2.23. The molecule has 0 aromatic heterocycles. The standard InChI is InChI=1S/C27H34N6O4S2/c1-13(2)20-25-33-21(15(4)37-25)24(36)28-14(3)26-30-18(11-38-26)22(34)29-17(10-16-8-6-5-7-9-16)27-31-19(12-39-27)23(35)32-20/h5-9,13-15,17-21H,10-12H2,1-4H3,(H,28,36)(H,29,34)(H,32,35)/t14-,15-,17+,18?,19?,20-,21+/m1/s1. The van der Waals surface area contributed by atoms with Crippen LogP contribution in [-0.2, 0) is 25.5 Å². The largest absolute Gasteiger partial charge is 0.474 e. The molecule has 6 bridgehead atoms. The van der Waals surface area contributed by atoms with Crippen molar-refractivity contribution in [3.63, 3.8) is 0 Å². The summed E-state index contributed by atoms with van der Waals surface area (Å²) < 4.78 is 6.00. The van der Waals surface area contributed by atoms with Crippen molar-refractivity contribution in [1.29, 1.82) is 0 Å². The number of fused-ring (bicyclic) bond motifs is 3. The monoisotopic (exact) mass is 570 g/mol. The number of hydrogen-bond donors (Lipinski definition) is 3. The van der Waals surface area contributed by atoms with Crippen molar-refractivity contribution in [2.45, 2.75) is 76.5 Å². The van der Waals surface area contributed by atoms with Crippen molar-refractivity contribution < 1.29 is 19.1 Å². The van der Waals surface area contributed by atoms with Crippen LogP contribution in [0.1, 0.15) is 33.3 Å². The second-order valence-corrected chi connectivity index (χ2v) is 12.6. The van der Waals surface area contributed by atoms with Crippen LogP contribution in [0.25, 0.3) is 0 Å². The average molecular weight is 571 g/mol. The highest BCUT2D eigenvalue weighted by Crippen LogP contribution is 2.26. The molecule has 3 amide bonds. The highest BCUT2D eigenvalue weighted by molar-refractivity contribution is 8.14. The maximum absolute atomic E-state index is 13.3. The van der Waals surface area contributed by atoms with E-state index in [0.29, 0.717) is 28.9 Å². The summed E-state index contributed by atoms with van der Waals surface area (Å²) in [6, 6.07) is 6.73. The number of nitrogens with one attached hydrogen (secondary N) is 3. The van der Waals surface area contributed by atoms with E-state index in [2.05, 4.69) is 25.9 Å². The Bertz CT molecular complexity index is 1220. The smallest absolute Gasteiger partial charge is 0.249 e. The first-order chi connectivity index (χ1) is 18.7. The lowest BCUT2D eigenvalue weighted by Crippen LogP contribution is -2.48. The van der Waals surface area contributed by atoms with Gasteiger partial charge in [-0.1, -0.05) is 44.2 Å². The summed E-state index contributed by atoms with van der Waals surface area (Å²) in [5.74, 6) is 0.601. The molecule has 4 aliphatic heterocycles. The summed E-state index contributed by atoms with van der Waals surface area (Å²) in [7, 11) is 0. The number of amides is 3. The summed E-state index contributed by atoms with van der Waals surface area (Å²) in [6.45, 7) is 7.59. The quantitative estimate of drug-likeness (QED) is 0.506. The predicted molar refractivity (Wildman–Crippen MR) is 156 cm³/mol. The van der Waals surface area contributed by atoms with Crippen LogP contribution in [-0.4, -0.2) is 87.6 Å². The summed E-state index contributed by atoms with van der Waals surface area (Å²) >= 11 is 2.97. The van der Waals surface area contributed by atoms with Crippen molar-refractivity contribution in [2.75, 3.05) is 11.5 Å². The zero-order valence-electron chi connectivity index (χ0n) is 22.4. The van der Waals surface area contributed by atoms with E-state index < -0.39 is 30.3 Å². The van der Waals surface area contributed by atoms with E-state index in [-0.39, 0.29) is 35.7 Å². The molecule has 1 aromatic carbocycles. The summed E-state index contributed by atoms with van der Waals surface area (Å²) in [5, 5.41) is 10.6. The molecule has 0 fully saturated rings. The minimum Gasteiger partial charge on any atom is -0.474 e. The van der Waals surface area contributed by atoms with Crippen LogP contribution in [0.4, 0.5) is 0 Å². The Morgan fingerprint density at radius 1 is 0.872 bits per heavy atom. The lowest BCUT2D eigenvalue weighted by molar-refractivity contribution is -0.124. The fourth-order valence-electron chi connectivity index (χ4n) is 4.87. The van der Waals surface area contributed by atoms with Crippen LogP contribution < -0.4 is 16.0 Å². The molecule has 4 aliphatic rings. The number of thioether (sulfide) groups is 2. The molecular formula is C27H34N6O4S2. The first-order valence-corrected chi connectivity index (χ1v) is 15.3. The Morgan fingerprint density at radius 3 is 2.21 bits per heavy atom. The summed E-state index contributed by atoms with van der Waals surface area (Å²) in [5.41, 5.74) is 1.06. The summed E-state index contributed by atoms with van der Waals surface area (Å²) in [4.78, 5) is 53.8. The van der Waals surface area contributed by atoms with Gasteiger partial charge in [0.1, 0.15) is 24.2 Å². The molecule has 12 heteroatoms. The van der Waals surface area contributed by atoms with Crippen LogP contribution in [0.15, 0.2) is 45.3 Å². The van der Waals surface area contributed by atoms with Gasteiger partial charge in [-0.2, -0.15) is 0 Å². The number of nitrogens with zero attached hydrogens (tertiary/aromatic N) is 3. The maximum Gasteiger partial charge on any atom is 0.249 e. The fraction of sp³-hybridized carbons (Fsp3) is 0.556. The molecule has 0 spiro atoms. The molecule has 10 nitrogen and oxygen atoms in total. The van der Waals surface area contributed by atoms with Gasteiger partial charge in [-0.05, 0) is 31.7 Å². The molecule has 0 saturated carbocycles. The first-order valence-electron chi connectivity index (χ1n) is 13.3. The van der Waals surface area contributed by atoms with Gasteiger partial charge in [0.2, 0.25) is 23.6 Å². The van der Waals surface area contributed by atoms with Crippen molar-refractivity contribution in [2.24, 2.45) is 20.9 Å². The van der Waals surface area contributed by atoms with Crippen LogP contribution in [0.3, 0.4) is 0 Å². The average Bonchev–Trinajstić information content (AvgIpc) is 3.66. The lowest BCUT2D eigenvalue weighted by atomic mass is 10.0. The number of benzene rings is 1. The van der Waals surface area contributed by atoms with Gasteiger partial charge >= 0.3 is 0 Å². The third-order valence-corrected chi connectivity index (χ3v) is 9.50. The zero-order chi connectivity index (χ0) is 27.7. The Balaban J connectivity index is 1.48. The number of carbonyl (C=O) groups excluding carboxylic acids is 3. The summed E-state index contributed by atoms with van der Waals surface area (Å²) in [6.07, 6.45) is 0.0725. The Hall–Kier alpha value is -2.86. The van der Waals surface area contributed by atoms with Gasteiger partial charge in [0, 0.05) is 11.5 Å². The first kappa shape index (κ1) is 27.7. The van der Waals surface area contributed by atoms with Gasteiger partial charge in [-0.3, -0.25) is 24.4 Å². The number of carbonyl (C=O) groups is 3. The second-order valence-electron chi connectivity index (χ2n) is 10.5. The molecular weight excluding hydrogens is 536 g/mol. The minimum atomic E-state index is -0.740. The van der Waals surface area contributed by atoms with Crippen LogP contribution in [0, 0.1) is 5.92 Å².